The maximum atomic E-state index is 12.5. The Morgan fingerprint density at radius 1 is 1.25 bits per heavy atom. The first kappa shape index (κ1) is 16.8. The highest BCUT2D eigenvalue weighted by atomic mass is 16.5. The van der Waals surface area contributed by atoms with Crippen molar-refractivity contribution >= 4 is 11.8 Å². The van der Waals surface area contributed by atoms with Gasteiger partial charge in [-0.3, -0.25) is 14.5 Å². The Labute approximate surface area is 140 Å². The Morgan fingerprint density at radius 2 is 2.04 bits per heavy atom. The quantitative estimate of drug-likeness (QED) is 0.680. The second kappa shape index (κ2) is 7.71. The molecule has 1 aromatic heterocycles. The van der Waals surface area contributed by atoms with Gasteiger partial charge in [-0.05, 0) is 6.42 Å². The summed E-state index contributed by atoms with van der Waals surface area (Å²) >= 11 is 0. The van der Waals surface area contributed by atoms with Crippen molar-refractivity contribution < 1.29 is 14.3 Å². The number of nitrogens with zero attached hydrogens (tertiary/aromatic N) is 4. The summed E-state index contributed by atoms with van der Waals surface area (Å²) in [5.41, 5.74) is 0. The van der Waals surface area contributed by atoms with Crippen molar-refractivity contribution in [2.45, 2.75) is 32.4 Å². The molecule has 0 bridgehead atoms. The van der Waals surface area contributed by atoms with Gasteiger partial charge < -0.3 is 19.9 Å². The number of ether oxygens (including phenoxy) is 1. The smallest absolute Gasteiger partial charge is 0.243 e. The Balaban J connectivity index is 1.53. The molecule has 3 heterocycles. The summed E-state index contributed by atoms with van der Waals surface area (Å²) in [5.74, 6) is 1.30. The number of nitrogens with one attached hydrogen (secondary N) is 2. The monoisotopic (exact) mass is 336 g/mol. The molecule has 3 rings (SSSR count). The van der Waals surface area contributed by atoms with Crippen LogP contribution in [0.4, 0.5) is 0 Å². The van der Waals surface area contributed by atoms with Gasteiger partial charge in [0.05, 0.1) is 19.8 Å². The molecule has 1 fully saturated rings. The van der Waals surface area contributed by atoms with E-state index in [0.717, 1.165) is 51.5 Å². The van der Waals surface area contributed by atoms with Crippen molar-refractivity contribution in [2.24, 2.45) is 0 Å². The molecule has 1 aromatic rings. The zero-order valence-corrected chi connectivity index (χ0v) is 14.0. The first-order valence-corrected chi connectivity index (χ1v) is 8.40. The van der Waals surface area contributed by atoms with Crippen molar-refractivity contribution in [2.75, 3.05) is 39.4 Å². The highest BCUT2D eigenvalue weighted by Gasteiger charge is 2.32. The van der Waals surface area contributed by atoms with Crippen LogP contribution in [0.2, 0.25) is 0 Å². The van der Waals surface area contributed by atoms with E-state index in [4.69, 9.17) is 4.74 Å². The second-order valence-electron chi connectivity index (χ2n) is 6.11. The third-order valence-corrected chi connectivity index (χ3v) is 4.42. The van der Waals surface area contributed by atoms with Crippen molar-refractivity contribution in [3.63, 3.8) is 0 Å². The molecule has 0 aromatic carbocycles. The zero-order valence-electron chi connectivity index (χ0n) is 14.0. The van der Waals surface area contributed by atoms with Crippen LogP contribution >= 0.6 is 0 Å². The molecule has 0 radical (unpaired) electrons. The van der Waals surface area contributed by atoms with Gasteiger partial charge in [0.15, 0.2) is 5.82 Å². The van der Waals surface area contributed by atoms with E-state index in [1.807, 2.05) is 4.57 Å². The van der Waals surface area contributed by atoms with Crippen LogP contribution < -0.4 is 10.6 Å². The number of rotatable bonds is 6. The molecule has 2 aliphatic heterocycles. The number of morpholine rings is 1. The number of aromatic nitrogens is 3. The lowest BCUT2D eigenvalue weighted by Crippen LogP contribution is -2.42. The summed E-state index contributed by atoms with van der Waals surface area (Å²) < 4.78 is 7.18. The predicted molar refractivity (Wildman–Crippen MR) is 85.2 cm³/mol. The molecule has 9 heteroatoms. The number of fused-ring (bicyclic) bond motifs is 1. The summed E-state index contributed by atoms with van der Waals surface area (Å²) in [4.78, 5) is 25.9. The third kappa shape index (κ3) is 3.90. The summed E-state index contributed by atoms with van der Waals surface area (Å²) in [7, 11) is 0. The molecule has 0 saturated carbocycles. The Morgan fingerprint density at radius 3 is 2.79 bits per heavy atom. The molecule has 9 nitrogen and oxygen atoms in total. The first-order chi connectivity index (χ1) is 11.6. The Hall–Kier alpha value is -2.00. The number of carbonyl (C=O) groups excluding carboxylic acids is 2. The molecular weight excluding hydrogens is 312 g/mol. The number of carbonyl (C=O) groups is 2. The molecule has 2 aliphatic rings. The topological polar surface area (TPSA) is 101 Å². The maximum Gasteiger partial charge on any atom is 0.243 e. The van der Waals surface area contributed by atoms with Crippen molar-refractivity contribution in [1.29, 1.82) is 0 Å². The molecule has 1 unspecified atom stereocenters. The zero-order chi connectivity index (χ0) is 16.9. The van der Waals surface area contributed by atoms with Gasteiger partial charge in [-0.25, -0.2) is 0 Å². The molecule has 2 N–H and O–H groups in total. The van der Waals surface area contributed by atoms with Crippen LogP contribution in [0.3, 0.4) is 0 Å². The lowest BCUT2D eigenvalue weighted by Gasteiger charge is -2.26. The second-order valence-corrected chi connectivity index (χ2v) is 6.11. The molecule has 0 spiro atoms. The molecule has 1 atom stereocenters. The van der Waals surface area contributed by atoms with E-state index in [9.17, 15) is 9.59 Å². The summed E-state index contributed by atoms with van der Waals surface area (Å²) in [6, 6.07) is -0.288. The van der Waals surface area contributed by atoms with Crippen molar-refractivity contribution in [1.82, 2.24) is 30.3 Å². The van der Waals surface area contributed by atoms with Crippen LogP contribution in [-0.4, -0.2) is 70.9 Å². The van der Waals surface area contributed by atoms with Crippen LogP contribution in [-0.2, 0) is 27.3 Å². The van der Waals surface area contributed by atoms with E-state index in [-0.39, 0.29) is 17.9 Å². The van der Waals surface area contributed by atoms with Gasteiger partial charge >= 0.3 is 0 Å². The number of amides is 2. The highest BCUT2D eigenvalue weighted by molar-refractivity contribution is 5.81. The molecule has 24 heavy (non-hydrogen) atoms. The van der Waals surface area contributed by atoms with Gasteiger partial charge in [0.25, 0.3) is 0 Å². The van der Waals surface area contributed by atoms with E-state index in [0.29, 0.717) is 18.9 Å². The largest absolute Gasteiger partial charge is 0.379 e. The van der Waals surface area contributed by atoms with E-state index in [1.165, 1.54) is 6.92 Å². The minimum absolute atomic E-state index is 0.00844. The van der Waals surface area contributed by atoms with E-state index < -0.39 is 0 Å². The van der Waals surface area contributed by atoms with Gasteiger partial charge in [0.1, 0.15) is 11.9 Å². The van der Waals surface area contributed by atoms with Gasteiger partial charge in [0, 0.05) is 39.5 Å². The molecular formula is C15H24N6O3. The average Bonchev–Trinajstić information content (AvgIpc) is 3.16. The highest BCUT2D eigenvalue weighted by Crippen LogP contribution is 2.26. The lowest BCUT2D eigenvalue weighted by atomic mass is 10.2. The fourth-order valence-corrected chi connectivity index (χ4v) is 3.14. The third-order valence-electron chi connectivity index (χ3n) is 4.42. The van der Waals surface area contributed by atoms with Crippen LogP contribution in [0.5, 0.6) is 0 Å². The standard InChI is InChI=1S/C15H24N6O3/c1-11(22)17-10-14-19-18-13-3-2-12(21(13)14)15(23)16-4-5-20-6-8-24-9-7-20/h12H,2-10H2,1H3,(H,16,23)(H,17,22). The fourth-order valence-electron chi connectivity index (χ4n) is 3.14. The van der Waals surface area contributed by atoms with Crippen LogP contribution in [0.25, 0.3) is 0 Å². The lowest BCUT2D eigenvalue weighted by molar-refractivity contribution is -0.124. The molecule has 0 aliphatic carbocycles. The average molecular weight is 336 g/mol. The predicted octanol–water partition coefficient (Wildman–Crippen LogP) is -1.15. The van der Waals surface area contributed by atoms with E-state index in [2.05, 4.69) is 25.7 Å². The van der Waals surface area contributed by atoms with E-state index in [1.54, 1.807) is 0 Å². The van der Waals surface area contributed by atoms with Gasteiger partial charge in [-0.2, -0.15) is 0 Å². The summed E-state index contributed by atoms with van der Waals surface area (Å²) in [6.45, 7) is 6.53. The van der Waals surface area contributed by atoms with Gasteiger partial charge in [0.2, 0.25) is 11.8 Å². The Kier molecular flexibility index (Phi) is 5.41. The summed E-state index contributed by atoms with van der Waals surface area (Å²) in [6.07, 6.45) is 1.45. The minimum atomic E-state index is -0.288. The van der Waals surface area contributed by atoms with Crippen molar-refractivity contribution in [3.05, 3.63) is 11.6 Å². The SMILES string of the molecule is CC(=O)NCc1nnc2n1C(C(=O)NCCN1CCOCC1)CC2. The van der Waals surface area contributed by atoms with E-state index >= 15 is 0 Å². The molecule has 2 amide bonds. The number of hydrogen-bond donors (Lipinski definition) is 2. The van der Waals surface area contributed by atoms with Gasteiger partial charge in [-0.1, -0.05) is 0 Å². The normalized spacial score (nSPS) is 20.6. The number of aryl methyl sites for hydroxylation is 1. The Bertz CT molecular complexity index is 596. The van der Waals surface area contributed by atoms with Crippen LogP contribution in [0, 0.1) is 0 Å². The minimum Gasteiger partial charge on any atom is -0.379 e. The van der Waals surface area contributed by atoms with Crippen LogP contribution in [0.15, 0.2) is 0 Å². The molecule has 132 valence electrons. The summed E-state index contributed by atoms with van der Waals surface area (Å²) in [5, 5.41) is 13.9. The first-order valence-electron chi connectivity index (χ1n) is 8.40. The maximum absolute atomic E-state index is 12.5. The fraction of sp³-hybridized carbons (Fsp3) is 0.733. The van der Waals surface area contributed by atoms with Crippen LogP contribution in [0.1, 0.15) is 31.0 Å². The molecule has 1 saturated heterocycles. The van der Waals surface area contributed by atoms with Gasteiger partial charge in [-0.15, -0.1) is 10.2 Å². The van der Waals surface area contributed by atoms with Crippen molar-refractivity contribution in [3.8, 4) is 0 Å². The number of hydrogen-bond acceptors (Lipinski definition) is 6.